The quantitative estimate of drug-likeness (QED) is 0.912. The van der Waals surface area contributed by atoms with E-state index >= 15 is 0 Å². The summed E-state index contributed by atoms with van der Waals surface area (Å²) in [6.07, 6.45) is 0. The third kappa shape index (κ3) is 2.89. The summed E-state index contributed by atoms with van der Waals surface area (Å²) in [6.45, 7) is 6.03. The average Bonchev–Trinajstić information content (AvgIpc) is 2.40. The van der Waals surface area contributed by atoms with Crippen LogP contribution in [0.4, 0.5) is 10.2 Å². The Morgan fingerprint density at radius 2 is 1.89 bits per heavy atom. The zero-order chi connectivity index (χ0) is 14.0. The number of nitrogens with one attached hydrogen (secondary N) is 1. The van der Waals surface area contributed by atoms with Crippen LogP contribution in [0.25, 0.3) is 11.3 Å². The van der Waals surface area contributed by atoms with Crippen molar-refractivity contribution in [3.8, 4) is 11.3 Å². The topological polar surface area (TPSA) is 37.8 Å². The molecule has 3 nitrogen and oxygen atoms in total. The van der Waals surface area contributed by atoms with Crippen LogP contribution in [0, 0.1) is 12.7 Å². The van der Waals surface area contributed by atoms with Gasteiger partial charge >= 0.3 is 0 Å². The lowest BCUT2D eigenvalue weighted by molar-refractivity contribution is 0.628. The lowest BCUT2D eigenvalue weighted by Crippen LogP contribution is -2.03. The number of hydrogen-bond acceptors (Lipinski definition) is 3. The summed E-state index contributed by atoms with van der Waals surface area (Å²) >= 11 is 0. The maximum absolute atomic E-state index is 13.4. The van der Waals surface area contributed by atoms with Crippen molar-refractivity contribution in [3.05, 3.63) is 41.5 Å². The predicted octanol–water partition coefficient (Wildman–Crippen LogP) is 3.76. The highest BCUT2D eigenvalue weighted by molar-refractivity contribution is 5.66. The number of nitrogens with zero attached hydrogens (tertiary/aromatic N) is 2. The molecular formula is C15H18FN3. The van der Waals surface area contributed by atoms with Crippen molar-refractivity contribution in [2.45, 2.75) is 26.7 Å². The van der Waals surface area contributed by atoms with E-state index in [1.807, 2.05) is 33.9 Å². The standard InChI is InChI=1S/C15H18FN3/c1-9(2)15-18-13(8-14(17-4)19-15)12-7-11(16)6-5-10(12)3/h5-9H,1-4H3,(H,17,18,19). The van der Waals surface area contributed by atoms with Crippen molar-refractivity contribution in [3.63, 3.8) is 0 Å². The molecule has 0 radical (unpaired) electrons. The zero-order valence-electron chi connectivity index (χ0n) is 11.7. The maximum Gasteiger partial charge on any atom is 0.133 e. The second-order valence-electron chi connectivity index (χ2n) is 4.86. The first kappa shape index (κ1) is 13.5. The van der Waals surface area contributed by atoms with Gasteiger partial charge in [0.25, 0.3) is 0 Å². The SMILES string of the molecule is CNc1cc(-c2cc(F)ccc2C)nc(C(C)C)n1. The Labute approximate surface area is 112 Å². The third-order valence-electron chi connectivity index (χ3n) is 2.99. The number of hydrogen-bond donors (Lipinski definition) is 1. The van der Waals surface area contributed by atoms with E-state index < -0.39 is 0 Å². The van der Waals surface area contributed by atoms with E-state index in [4.69, 9.17) is 0 Å². The molecule has 2 aromatic rings. The fourth-order valence-corrected chi connectivity index (χ4v) is 1.86. The van der Waals surface area contributed by atoms with Gasteiger partial charge in [-0.25, -0.2) is 14.4 Å². The molecular weight excluding hydrogens is 241 g/mol. The number of aryl methyl sites for hydroxylation is 1. The molecule has 19 heavy (non-hydrogen) atoms. The second kappa shape index (κ2) is 5.34. The van der Waals surface area contributed by atoms with E-state index in [0.29, 0.717) is 0 Å². The van der Waals surface area contributed by atoms with E-state index in [1.165, 1.54) is 12.1 Å². The molecule has 0 atom stereocenters. The van der Waals surface area contributed by atoms with Crippen LogP contribution in [0.1, 0.15) is 31.2 Å². The lowest BCUT2D eigenvalue weighted by atomic mass is 10.0. The molecule has 2 rings (SSSR count). The third-order valence-corrected chi connectivity index (χ3v) is 2.99. The molecule has 0 saturated carbocycles. The van der Waals surface area contributed by atoms with Gasteiger partial charge < -0.3 is 5.32 Å². The Kier molecular flexibility index (Phi) is 3.79. The molecule has 4 heteroatoms. The summed E-state index contributed by atoms with van der Waals surface area (Å²) < 4.78 is 13.4. The highest BCUT2D eigenvalue weighted by Crippen LogP contribution is 2.25. The number of aromatic nitrogens is 2. The van der Waals surface area contributed by atoms with Gasteiger partial charge in [-0.05, 0) is 24.6 Å². The van der Waals surface area contributed by atoms with Crippen LogP contribution in [-0.4, -0.2) is 17.0 Å². The summed E-state index contributed by atoms with van der Waals surface area (Å²) in [7, 11) is 1.81. The lowest BCUT2D eigenvalue weighted by Gasteiger charge is -2.11. The first-order valence-electron chi connectivity index (χ1n) is 6.34. The monoisotopic (exact) mass is 259 g/mol. The molecule has 0 unspecified atom stereocenters. The fourth-order valence-electron chi connectivity index (χ4n) is 1.86. The number of benzene rings is 1. The van der Waals surface area contributed by atoms with Crippen molar-refractivity contribution in [2.75, 3.05) is 12.4 Å². The highest BCUT2D eigenvalue weighted by Gasteiger charge is 2.11. The van der Waals surface area contributed by atoms with Crippen molar-refractivity contribution in [1.29, 1.82) is 0 Å². The molecule has 0 aliphatic rings. The highest BCUT2D eigenvalue weighted by atomic mass is 19.1. The number of anilines is 1. The average molecular weight is 259 g/mol. The summed E-state index contributed by atoms with van der Waals surface area (Å²) in [6, 6.07) is 6.58. The van der Waals surface area contributed by atoms with Gasteiger partial charge in [-0.3, -0.25) is 0 Å². The first-order valence-corrected chi connectivity index (χ1v) is 6.34. The van der Waals surface area contributed by atoms with Crippen molar-refractivity contribution >= 4 is 5.82 Å². The van der Waals surface area contributed by atoms with Gasteiger partial charge in [0.1, 0.15) is 17.5 Å². The van der Waals surface area contributed by atoms with Gasteiger partial charge in [-0.15, -0.1) is 0 Å². The molecule has 1 N–H and O–H groups in total. The summed E-state index contributed by atoms with van der Waals surface area (Å²) in [4.78, 5) is 8.95. The smallest absolute Gasteiger partial charge is 0.133 e. The van der Waals surface area contributed by atoms with Gasteiger partial charge in [-0.2, -0.15) is 0 Å². The normalized spacial score (nSPS) is 10.8. The molecule has 0 bridgehead atoms. The molecule has 100 valence electrons. The summed E-state index contributed by atoms with van der Waals surface area (Å²) in [5, 5.41) is 3.02. The molecule has 1 aromatic carbocycles. The maximum atomic E-state index is 13.4. The van der Waals surface area contributed by atoms with Gasteiger partial charge in [0.15, 0.2) is 0 Å². The van der Waals surface area contributed by atoms with E-state index in [9.17, 15) is 4.39 Å². The Morgan fingerprint density at radius 3 is 2.53 bits per heavy atom. The van der Waals surface area contributed by atoms with Gasteiger partial charge in [0.05, 0.1) is 5.69 Å². The molecule has 0 aliphatic heterocycles. The zero-order valence-corrected chi connectivity index (χ0v) is 11.7. The van der Waals surface area contributed by atoms with Crippen LogP contribution in [-0.2, 0) is 0 Å². The summed E-state index contributed by atoms with van der Waals surface area (Å²) in [5.41, 5.74) is 2.55. The molecule has 0 aliphatic carbocycles. The molecule has 0 spiro atoms. The molecule has 1 heterocycles. The molecule has 0 saturated heterocycles. The van der Waals surface area contributed by atoms with Gasteiger partial charge in [-0.1, -0.05) is 19.9 Å². The molecule has 0 fully saturated rings. The van der Waals surface area contributed by atoms with Crippen LogP contribution in [0.5, 0.6) is 0 Å². The van der Waals surface area contributed by atoms with Crippen LogP contribution in [0.3, 0.4) is 0 Å². The van der Waals surface area contributed by atoms with E-state index in [2.05, 4.69) is 15.3 Å². The minimum absolute atomic E-state index is 0.223. The Bertz CT molecular complexity index is 594. The predicted molar refractivity (Wildman–Crippen MR) is 75.8 cm³/mol. The largest absolute Gasteiger partial charge is 0.373 e. The Morgan fingerprint density at radius 1 is 1.16 bits per heavy atom. The Balaban J connectivity index is 2.60. The summed E-state index contributed by atoms with van der Waals surface area (Å²) in [5.74, 6) is 1.47. The number of halogens is 1. The van der Waals surface area contributed by atoms with Crippen molar-refractivity contribution < 1.29 is 4.39 Å². The van der Waals surface area contributed by atoms with Crippen molar-refractivity contribution in [1.82, 2.24) is 9.97 Å². The van der Waals surface area contributed by atoms with Crippen LogP contribution in [0.15, 0.2) is 24.3 Å². The van der Waals surface area contributed by atoms with Gasteiger partial charge in [0, 0.05) is 24.6 Å². The van der Waals surface area contributed by atoms with E-state index in [-0.39, 0.29) is 11.7 Å². The molecule has 0 amide bonds. The fraction of sp³-hybridized carbons (Fsp3) is 0.333. The molecule has 1 aromatic heterocycles. The van der Waals surface area contributed by atoms with Crippen LogP contribution in [0.2, 0.25) is 0 Å². The second-order valence-corrected chi connectivity index (χ2v) is 4.86. The van der Waals surface area contributed by atoms with E-state index in [0.717, 1.165) is 28.5 Å². The Hall–Kier alpha value is -1.97. The van der Waals surface area contributed by atoms with E-state index in [1.54, 1.807) is 6.07 Å². The van der Waals surface area contributed by atoms with Crippen LogP contribution >= 0.6 is 0 Å². The van der Waals surface area contributed by atoms with Crippen molar-refractivity contribution in [2.24, 2.45) is 0 Å². The number of rotatable bonds is 3. The minimum atomic E-state index is -0.253. The minimum Gasteiger partial charge on any atom is -0.373 e. The first-order chi connectivity index (χ1) is 9.01. The van der Waals surface area contributed by atoms with Gasteiger partial charge in [0.2, 0.25) is 0 Å². The van der Waals surface area contributed by atoms with Crippen LogP contribution < -0.4 is 5.32 Å².